The quantitative estimate of drug-likeness (QED) is 0.139. The van der Waals surface area contributed by atoms with Crippen molar-refractivity contribution in [2.24, 2.45) is 0 Å². The second-order valence-electron chi connectivity index (χ2n) is 11.6. The zero-order chi connectivity index (χ0) is 33.4. The molecule has 1 unspecified atom stereocenters. The maximum absolute atomic E-state index is 12.3. The van der Waals surface area contributed by atoms with Crippen molar-refractivity contribution in [3.63, 3.8) is 0 Å². The number of hydrogen-bond acceptors (Lipinski definition) is 8. The minimum absolute atomic E-state index is 0.0271. The molecule has 0 bridgehead atoms. The van der Waals surface area contributed by atoms with Crippen molar-refractivity contribution < 1.29 is 32.9 Å². The van der Waals surface area contributed by atoms with Crippen molar-refractivity contribution in [2.45, 2.75) is 40.5 Å². The molecule has 0 radical (unpaired) electrons. The summed E-state index contributed by atoms with van der Waals surface area (Å²) >= 11 is 0. The number of hydrogen-bond donors (Lipinski definition) is 1. The Kier molecular flexibility index (Phi) is 11.2. The topological polar surface area (TPSA) is 110 Å². The van der Waals surface area contributed by atoms with Gasteiger partial charge in [-0.2, -0.15) is 5.26 Å². The number of nitriles is 1. The van der Waals surface area contributed by atoms with Crippen LogP contribution in [0.1, 0.15) is 40.3 Å². The van der Waals surface area contributed by atoms with E-state index in [2.05, 4.69) is 25.1 Å². The molecule has 1 N–H and O–H groups in total. The average Bonchev–Trinajstić information content (AvgIpc) is 3.07. The first-order valence-electron chi connectivity index (χ1n) is 15.7. The van der Waals surface area contributed by atoms with E-state index < -0.39 is 7.60 Å². The zero-order valence-electron chi connectivity index (χ0n) is 27.3. The smallest absolute Gasteiger partial charge is 0.329 e. The molecule has 0 aromatic heterocycles. The third kappa shape index (κ3) is 8.94. The first kappa shape index (κ1) is 34.0. The van der Waals surface area contributed by atoms with Gasteiger partial charge in [-0.1, -0.05) is 36.4 Å². The summed E-state index contributed by atoms with van der Waals surface area (Å²) in [7, 11) is -1.75. The van der Waals surface area contributed by atoms with Gasteiger partial charge in [0.2, 0.25) is 0 Å². The fraction of sp³-hybridized carbons (Fsp3) is 0.324. The summed E-state index contributed by atoms with van der Waals surface area (Å²) < 4.78 is 41.5. The van der Waals surface area contributed by atoms with E-state index in [-0.39, 0.29) is 19.4 Å². The zero-order valence-corrected chi connectivity index (χ0v) is 28.2. The SMILES string of the molecule is CCOP(=O)(O)CCN(C)Cc1cc(C)c(OCc2cccc(-c3ccc4c(c3)OCCO4)c2C)cc1OCc1cccc(C#N)c1. The Labute approximate surface area is 276 Å². The molecule has 0 saturated heterocycles. The summed E-state index contributed by atoms with van der Waals surface area (Å²) in [5, 5.41) is 9.33. The Bertz CT molecular complexity index is 1800. The summed E-state index contributed by atoms with van der Waals surface area (Å²) in [5.41, 5.74) is 7.60. The highest BCUT2D eigenvalue weighted by Crippen LogP contribution is 2.41. The number of aryl methyl sites for hydroxylation is 1. The van der Waals surface area contributed by atoms with Gasteiger partial charge in [-0.25, -0.2) is 0 Å². The van der Waals surface area contributed by atoms with Crippen LogP contribution >= 0.6 is 7.60 Å². The number of benzene rings is 4. The molecule has 0 amide bonds. The lowest BCUT2D eigenvalue weighted by molar-refractivity contribution is 0.171. The van der Waals surface area contributed by atoms with E-state index in [1.165, 1.54) is 0 Å². The van der Waals surface area contributed by atoms with Crippen LogP contribution in [0.2, 0.25) is 0 Å². The minimum atomic E-state index is -3.64. The van der Waals surface area contributed by atoms with E-state index in [0.717, 1.165) is 50.4 Å². The van der Waals surface area contributed by atoms with Gasteiger partial charge < -0.3 is 33.3 Å². The third-order valence-electron chi connectivity index (χ3n) is 8.03. The van der Waals surface area contributed by atoms with Crippen LogP contribution in [0.15, 0.2) is 72.8 Å². The third-order valence-corrected chi connectivity index (χ3v) is 9.45. The molecular weight excluding hydrogens is 615 g/mol. The average molecular weight is 657 g/mol. The molecule has 5 rings (SSSR count). The van der Waals surface area contributed by atoms with Gasteiger partial charge in [0, 0.05) is 24.7 Å². The van der Waals surface area contributed by atoms with Crippen molar-refractivity contribution in [1.82, 2.24) is 4.90 Å². The number of ether oxygens (including phenoxy) is 4. The normalized spacial score (nSPS) is 13.6. The van der Waals surface area contributed by atoms with Crippen molar-refractivity contribution in [1.29, 1.82) is 5.26 Å². The van der Waals surface area contributed by atoms with Gasteiger partial charge in [-0.05, 0) is 91.5 Å². The molecule has 0 fully saturated rings. The number of nitrogens with zero attached hydrogens (tertiary/aromatic N) is 2. The number of fused-ring (bicyclic) bond motifs is 1. The molecule has 9 nitrogen and oxygen atoms in total. The molecule has 0 saturated carbocycles. The van der Waals surface area contributed by atoms with Crippen molar-refractivity contribution in [3.05, 3.63) is 106 Å². The van der Waals surface area contributed by atoms with Crippen molar-refractivity contribution in [2.75, 3.05) is 39.6 Å². The van der Waals surface area contributed by atoms with Gasteiger partial charge >= 0.3 is 7.60 Å². The van der Waals surface area contributed by atoms with Crippen LogP contribution in [0.4, 0.5) is 0 Å². The van der Waals surface area contributed by atoms with E-state index in [9.17, 15) is 14.7 Å². The van der Waals surface area contributed by atoms with Crippen molar-refractivity contribution in [3.8, 4) is 40.2 Å². The van der Waals surface area contributed by atoms with Crippen LogP contribution in [0.3, 0.4) is 0 Å². The maximum Gasteiger partial charge on any atom is 0.329 e. The summed E-state index contributed by atoms with van der Waals surface area (Å²) in [4.78, 5) is 12.0. The molecule has 0 aliphatic carbocycles. The predicted octanol–water partition coefficient (Wildman–Crippen LogP) is 7.43. The fourth-order valence-corrected chi connectivity index (χ4v) is 6.61. The van der Waals surface area contributed by atoms with E-state index in [1.807, 2.05) is 67.4 Å². The van der Waals surface area contributed by atoms with Gasteiger partial charge in [0.15, 0.2) is 11.5 Å². The number of rotatable bonds is 14. The van der Waals surface area contributed by atoms with Crippen LogP contribution in [-0.4, -0.2) is 49.4 Å². The maximum atomic E-state index is 12.3. The summed E-state index contributed by atoms with van der Waals surface area (Å²) in [6.45, 7) is 8.54. The molecule has 1 heterocycles. The largest absolute Gasteiger partial charge is 0.488 e. The molecule has 10 heteroatoms. The Balaban J connectivity index is 1.36. The summed E-state index contributed by atoms with van der Waals surface area (Å²) in [5.74, 6) is 2.84. The Morgan fingerprint density at radius 2 is 1.68 bits per heavy atom. The molecule has 4 aromatic rings. The van der Waals surface area contributed by atoms with Crippen LogP contribution in [0.25, 0.3) is 11.1 Å². The molecule has 1 aliphatic rings. The van der Waals surface area contributed by atoms with Gasteiger partial charge in [0.25, 0.3) is 0 Å². The molecule has 0 spiro atoms. The first-order valence-corrected chi connectivity index (χ1v) is 17.4. The monoisotopic (exact) mass is 656 g/mol. The molecule has 4 aromatic carbocycles. The van der Waals surface area contributed by atoms with E-state index in [4.69, 9.17) is 23.5 Å². The molecular formula is C37H41N2O7P. The van der Waals surface area contributed by atoms with Crippen LogP contribution in [0, 0.1) is 25.2 Å². The van der Waals surface area contributed by atoms with Crippen LogP contribution in [0.5, 0.6) is 23.0 Å². The lowest BCUT2D eigenvalue weighted by Crippen LogP contribution is -2.22. The summed E-state index contributed by atoms with van der Waals surface area (Å²) in [6, 6.07) is 25.6. The lowest BCUT2D eigenvalue weighted by atomic mass is 9.96. The standard InChI is InChI=1S/C37H41N2O7P/c1-5-46-47(40,41)17-14-39(4)23-32-18-26(2)35(21-36(32)44-24-29-9-6-8-28(19-29)22-38)45-25-31-10-7-11-33(27(31)3)30-12-13-34-37(20-30)43-16-15-42-34/h6-13,18-21H,5,14-17,23-25H2,1-4H3,(H,40,41). The minimum Gasteiger partial charge on any atom is -0.488 e. The highest BCUT2D eigenvalue weighted by Gasteiger charge is 2.20. The summed E-state index contributed by atoms with van der Waals surface area (Å²) in [6.07, 6.45) is 0.0271. The van der Waals surface area contributed by atoms with Crippen molar-refractivity contribution >= 4 is 7.60 Å². The molecule has 47 heavy (non-hydrogen) atoms. The fourth-order valence-electron chi connectivity index (χ4n) is 5.49. The predicted molar refractivity (Wildman–Crippen MR) is 181 cm³/mol. The van der Waals surface area contributed by atoms with Gasteiger partial charge in [-0.15, -0.1) is 0 Å². The van der Waals surface area contributed by atoms with E-state index >= 15 is 0 Å². The highest BCUT2D eigenvalue weighted by atomic mass is 31.2. The van der Waals surface area contributed by atoms with Crippen LogP contribution < -0.4 is 18.9 Å². The van der Waals surface area contributed by atoms with Crippen LogP contribution in [-0.2, 0) is 28.8 Å². The molecule has 246 valence electrons. The lowest BCUT2D eigenvalue weighted by Gasteiger charge is -2.22. The highest BCUT2D eigenvalue weighted by molar-refractivity contribution is 7.52. The second-order valence-corrected chi connectivity index (χ2v) is 13.6. The molecule has 1 aliphatic heterocycles. The Morgan fingerprint density at radius 1 is 0.915 bits per heavy atom. The Hall–Kier alpha value is -4.32. The van der Waals surface area contributed by atoms with Gasteiger partial charge in [0.1, 0.15) is 37.9 Å². The second kappa shape index (κ2) is 15.5. The molecule has 1 atom stereocenters. The van der Waals surface area contributed by atoms with Gasteiger partial charge in [-0.3, -0.25) is 4.57 Å². The van der Waals surface area contributed by atoms with E-state index in [1.54, 1.807) is 19.1 Å². The Morgan fingerprint density at radius 3 is 2.47 bits per heavy atom. The first-order chi connectivity index (χ1) is 22.7. The van der Waals surface area contributed by atoms with E-state index in [0.29, 0.717) is 50.0 Å². The van der Waals surface area contributed by atoms with Gasteiger partial charge in [0.05, 0.1) is 24.4 Å².